The van der Waals surface area contributed by atoms with Crippen LogP contribution in [-0.2, 0) is 5.41 Å². The van der Waals surface area contributed by atoms with Crippen molar-refractivity contribution in [2.75, 3.05) is 0 Å². The topological polar surface area (TPSA) is 41.7 Å². The summed E-state index contributed by atoms with van der Waals surface area (Å²) < 4.78 is 2.34. The van der Waals surface area contributed by atoms with Crippen LogP contribution in [0.3, 0.4) is 0 Å². The molecule has 66 heavy (non-hydrogen) atoms. The summed E-state index contributed by atoms with van der Waals surface area (Å²) in [5.41, 5.74) is 19.1. The van der Waals surface area contributed by atoms with Gasteiger partial charge in [0, 0.05) is 27.6 Å². The van der Waals surface area contributed by atoms with Crippen LogP contribution < -0.4 is 5.32 Å². The third-order valence-corrected chi connectivity index (χ3v) is 14.3. The highest BCUT2D eigenvalue weighted by molar-refractivity contribution is 6.14. The van der Waals surface area contributed by atoms with E-state index in [1.54, 1.807) is 0 Å². The molecule has 2 aliphatic carbocycles. The molecule has 308 valence electrons. The number of aliphatic imine (C=N–C) groups is 2. The Morgan fingerprint density at radius 3 is 1.73 bits per heavy atom. The molecule has 2 heterocycles. The third-order valence-electron chi connectivity index (χ3n) is 14.3. The molecular weight excluding hydrogens is 801 g/mol. The molecule has 0 bridgehead atoms. The first-order valence-electron chi connectivity index (χ1n) is 22.8. The van der Waals surface area contributed by atoms with Crippen molar-refractivity contribution in [2.45, 2.75) is 11.6 Å². The zero-order valence-electron chi connectivity index (χ0n) is 35.9. The maximum atomic E-state index is 5.21. The van der Waals surface area contributed by atoms with Crippen LogP contribution in [0.25, 0.3) is 71.6 Å². The summed E-state index contributed by atoms with van der Waals surface area (Å²) >= 11 is 0. The number of nitrogens with one attached hydrogen (secondary N) is 1. The second kappa shape index (κ2) is 14.2. The fourth-order valence-corrected chi connectivity index (χ4v) is 11.4. The minimum Gasteiger partial charge on any atom is -0.344 e. The minimum atomic E-state index is -0.394. The highest BCUT2D eigenvalue weighted by Crippen LogP contribution is 2.64. The second-order valence-electron chi connectivity index (χ2n) is 17.7. The van der Waals surface area contributed by atoms with Crippen LogP contribution in [0.4, 0.5) is 0 Å². The quantitative estimate of drug-likeness (QED) is 0.184. The minimum absolute atomic E-state index is 0.293. The van der Waals surface area contributed by atoms with Crippen molar-refractivity contribution < 1.29 is 0 Å². The number of benzene rings is 10. The second-order valence-corrected chi connectivity index (χ2v) is 17.7. The normalized spacial score (nSPS) is 16.7. The van der Waals surface area contributed by atoms with Gasteiger partial charge in [-0.1, -0.05) is 188 Å². The number of amidine groups is 2. The lowest BCUT2D eigenvalue weighted by atomic mass is 9.70. The van der Waals surface area contributed by atoms with Crippen LogP contribution in [0, 0.1) is 0 Å². The van der Waals surface area contributed by atoms with Gasteiger partial charge < -0.3 is 9.88 Å². The maximum Gasteiger partial charge on any atom is 0.159 e. The number of fused-ring (bicyclic) bond motifs is 15. The van der Waals surface area contributed by atoms with Crippen molar-refractivity contribution in [2.24, 2.45) is 9.98 Å². The maximum absolute atomic E-state index is 5.21. The average Bonchev–Trinajstić information content (AvgIpc) is 4.01. The van der Waals surface area contributed by atoms with Gasteiger partial charge >= 0.3 is 0 Å². The lowest BCUT2D eigenvalue weighted by Crippen LogP contribution is -2.33. The molecule has 11 aromatic rings. The monoisotopic (exact) mass is 840 g/mol. The van der Waals surface area contributed by atoms with E-state index in [1.165, 1.54) is 82.6 Å². The lowest BCUT2D eigenvalue weighted by Gasteiger charge is -2.30. The van der Waals surface area contributed by atoms with E-state index in [-0.39, 0.29) is 6.17 Å². The van der Waals surface area contributed by atoms with E-state index in [0.717, 1.165) is 33.8 Å². The van der Waals surface area contributed by atoms with Gasteiger partial charge in [-0.25, -0.2) is 9.98 Å². The summed E-state index contributed by atoms with van der Waals surface area (Å²) in [5, 5.41) is 8.75. The molecule has 0 radical (unpaired) electrons. The van der Waals surface area contributed by atoms with E-state index in [4.69, 9.17) is 9.98 Å². The molecule has 0 amide bonds. The summed E-state index contributed by atoms with van der Waals surface area (Å²) in [7, 11) is 0. The summed E-state index contributed by atoms with van der Waals surface area (Å²) in [4.78, 5) is 10.4. The average molecular weight is 841 g/mol. The lowest BCUT2D eigenvalue weighted by molar-refractivity contribution is 0.674. The molecule has 0 saturated carbocycles. The Bertz CT molecular complexity index is 3790. The molecule has 4 nitrogen and oxygen atoms in total. The molecule has 0 fully saturated rings. The molecular formula is C62H40N4. The van der Waals surface area contributed by atoms with E-state index in [1.807, 2.05) is 6.07 Å². The summed E-state index contributed by atoms with van der Waals surface area (Å²) in [6.45, 7) is 0. The van der Waals surface area contributed by atoms with E-state index in [0.29, 0.717) is 5.84 Å². The largest absolute Gasteiger partial charge is 0.344 e. The van der Waals surface area contributed by atoms with Crippen LogP contribution >= 0.6 is 0 Å². The molecule has 1 N–H and O–H groups in total. The van der Waals surface area contributed by atoms with Crippen molar-refractivity contribution in [3.05, 3.63) is 269 Å². The Morgan fingerprint density at radius 2 is 0.970 bits per heavy atom. The van der Waals surface area contributed by atoms with Crippen LogP contribution in [0.2, 0.25) is 0 Å². The smallest absolute Gasteiger partial charge is 0.159 e. The zero-order chi connectivity index (χ0) is 43.3. The first-order chi connectivity index (χ1) is 32.7. The summed E-state index contributed by atoms with van der Waals surface area (Å²) in [6.07, 6.45) is -0.293. The van der Waals surface area contributed by atoms with Gasteiger partial charge in [0.05, 0.1) is 16.4 Å². The van der Waals surface area contributed by atoms with Crippen LogP contribution in [0.15, 0.2) is 241 Å². The van der Waals surface area contributed by atoms with Gasteiger partial charge in [-0.2, -0.15) is 0 Å². The highest BCUT2D eigenvalue weighted by Gasteiger charge is 2.52. The van der Waals surface area contributed by atoms with Crippen LogP contribution in [-0.4, -0.2) is 16.2 Å². The summed E-state index contributed by atoms with van der Waals surface area (Å²) in [6, 6.07) is 83.9. The standard InChI is InChI=1S/C62H40N4/c1-2-15-41(16-3-1)59-63-60(65-61(64-59)43-30-34-45(35-31-43)66-56-24-12-8-19-48(56)49-20-9-13-25-57(49)66)42-28-26-39(27-29-42)44-33-36-54-51(38-44)47-18-6-10-22-52(47)62(54)53-23-11-7-21-50(53)58-46-17-5-4-14-40(46)32-37-55(58)62/h1-38,59H,(H,63,64,65). The van der Waals surface area contributed by atoms with Gasteiger partial charge in [-0.05, 0) is 114 Å². The predicted molar refractivity (Wildman–Crippen MR) is 272 cm³/mol. The Hall–Kier alpha value is -8.60. The molecule has 3 aliphatic rings. The van der Waals surface area contributed by atoms with Gasteiger partial charge in [0.2, 0.25) is 0 Å². The highest BCUT2D eigenvalue weighted by atomic mass is 15.2. The first kappa shape index (κ1) is 36.8. The third kappa shape index (κ3) is 5.27. The van der Waals surface area contributed by atoms with Gasteiger partial charge in [0.1, 0.15) is 12.0 Å². The van der Waals surface area contributed by atoms with Crippen molar-refractivity contribution in [3.63, 3.8) is 0 Å². The molecule has 14 rings (SSSR count). The Labute approximate surface area is 382 Å². The fraction of sp³-hybridized carbons (Fsp3) is 0.0323. The van der Waals surface area contributed by atoms with Gasteiger partial charge in [0.25, 0.3) is 0 Å². The Morgan fingerprint density at radius 1 is 0.409 bits per heavy atom. The molecule has 1 spiro atoms. The van der Waals surface area contributed by atoms with E-state index >= 15 is 0 Å². The predicted octanol–water partition coefficient (Wildman–Crippen LogP) is 14.4. The number of nitrogens with zero attached hydrogens (tertiary/aromatic N) is 3. The number of hydrogen-bond donors (Lipinski definition) is 1. The molecule has 10 aromatic carbocycles. The van der Waals surface area contributed by atoms with Crippen molar-refractivity contribution in [1.82, 2.24) is 9.88 Å². The molecule has 2 unspecified atom stereocenters. The van der Waals surface area contributed by atoms with E-state index < -0.39 is 5.41 Å². The van der Waals surface area contributed by atoms with Crippen molar-refractivity contribution in [3.8, 4) is 39.1 Å². The van der Waals surface area contributed by atoms with Crippen LogP contribution in [0.1, 0.15) is 45.1 Å². The zero-order valence-corrected chi connectivity index (χ0v) is 35.9. The van der Waals surface area contributed by atoms with Crippen molar-refractivity contribution in [1.29, 1.82) is 0 Å². The summed E-state index contributed by atoms with van der Waals surface area (Å²) in [5.74, 6) is 1.49. The fourth-order valence-electron chi connectivity index (χ4n) is 11.4. The van der Waals surface area contributed by atoms with Gasteiger partial charge in [-0.15, -0.1) is 0 Å². The molecule has 1 aliphatic heterocycles. The number of hydrogen-bond acceptors (Lipinski definition) is 3. The number of aromatic nitrogens is 1. The molecule has 2 atom stereocenters. The van der Waals surface area contributed by atoms with Gasteiger partial charge in [-0.3, -0.25) is 0 Å². The Kier molecular flexibility index (Phi) is 7.93. The first-order valence-corrected chi connectivity index (χ1v) is 22.8. The van der Waals surface area contributed by atoms with Crippen LogP contribution in [0.5, 0.6) is 0 Å². The molecule has 4 heteroatoms. The van der Waals surface area contributed by atoms with Gasteiger partial charge in [0.15, 0.2) is 5.84 Å². The van der Waals surface area contributed by atoms with E-state index in [9.17, 15) is 0 Å². The van der Waals surface area contributed by atoms with E-state index in [2.05, 4.69) is 234 Å². The van der Waals surface area contributed by atoms with Crippen molar-refractivity contribution >= 4 is 44.2 Å². The molecule has 0 saturated heterocycles. The number of rotatable bonds is 5. The SMILES string of the molecule is c1ccc(C2N=C(c3ccc(-n4c5ccccc5c5ccccc54)cc3)N=C(c3ccc(-c4ccc5c(c4)-c4ccccc4C54c5ccccc5-c5c4ccc4ccccc54)cc3)N2)cc1. The molecule has 1 aromatic heterocycles. The Balaban J connectivity index is 0.835. The number of para-hydroxylation sites is 2.